The number of carboxylic acids is 1. The van der Waals surface area contributed by atoms with Crippen molar-refractivity contribution in [3.8, 4) is 0 Å². The summed E-state index contributed by atoms with van der Waals surface area (Å²) in [5, 5.41) is 20.2. The van der Waals surface area contributed by atoms with Gasteiger partial charge >= 0.3 is 5.97 Å². The standard InChI is InChI=1S/C17H18BrF2N3O2S2/c1-16(2,13(24)25)26-15-22-21-14(18)23(15)27-8-11(9-3-4-9)10-7-17(19,20)6-5-12(10)27/h8-9H,3-7H2,1-2H3/p+1. The average Bonchev–Trinajstić information content (AvgIpc) is 3.26. The highest BCUT2D eigenvalue weighted by Crippen LogP contribution is 2.52. The lowest BCUT2D eigenvalue weighted by Crippen LogP contribution is -2.27. The van der Waals surface area contributed by atoms with E-state index < -0.39 is 27.3 Å². The van der Waals surface area contributed by atoms with Crippen molar-refractivity contribution < 1.29 is 18.7 Å². The predicted molar refractivity (Wildman–Crippen MR) is 104 cm³/mol. The average molecular weight is 479 g/mol. The molecule has 0 aliphatic heterocycles. The maximum atomic E-state index is 14.1. The monoisotopic (exact) mass is 478 g/mol. The lowest BCUT2D eigenvalue weighted by Gasteiger charge is -2.20. The molecule has 27 heavy (non-hydrogen) atoms. The Kier molecular flexibility index (Phi) is 4.67. The van der Waals surface area contributed by atoms with E-state index in [9.17, 15) is 18.7 Å². The van der Waals surface area contributed by atoms with Crippen LogP contribution in [0.1, 0.15) is 55.0 Å². The van der Waals surface area contributed by atoms with Crippen LogP contribution in [0.25, 0.3) is 0 Å². The van der Waals surface area contributed by atoms with Crippen LogP contribution in [-0.4, -0.2) is 35.9 Å². The van der Waals surface area contributed by atoms with Gasteiger partial charge in [-0.05, 0) is 48.5 Å². The number of aliphatic carboxylic acids is 1. The second-order valence-electron chi connectivity index (χ2n) is 7.56. The van der Waals surface area contributed by atoms with Gasteiger partial charge in [-0.3, -0.25) is 4.79 Å². The maximum Gasteiger partial charge on any atom is 0.319 e. The van der Waals surface area contributed by atoms with Gasteiger partial charge in [0, 0.05) is 30.4 Å². The van der Waals surface area contributed by atoms with Gasteiger partial charge in [0.05, 0.1) is 0 Å². The quantitative estimate of drug-likeness (QED) is 0.480. The van der Waals surface area contributed by atoms with Crippen LogP contribution in [0.2, 0.25) is 0 Å². The van der Waals surface area contributed by atoms with Crippen molar-refractivity contribution in [2.45, 2.75) is 67.7 Å². The van der Waals surface area contributed by atoms with Gasteiger partial charge in [0.1, 0.15) is 15.4 Å². The largest absolute Gasteiger partial charge is 0.480 e. The summed E-state index contributed by atoms with van der Waals surface area (Å²) in [7, 11) is -0.576. The zero-order chi connectivity index (χ0) is 19.6. The summed E-state index contributed by atoms with van der Waals surface area (Å²) >= 11 is 4.54. The van der Waals surface area contributed by atoms with E-state index in [0.717, 1.165) is 40.6 Å². The predicted octanol–water partition coefficient (Wildman–Crippen LogP) is 5.06. The molecule has 1 fully saturated rings. The number of thioether (sulfide) groups is 1. The molecular weight excluding hydrogens is 460 g/mol. The smallest absolute Gasteiger partial charge is 0.319 e. The van der Waals surface area contributed by atoms with Crippen LogP contribution < -0.4 is 0 Å². The SMILES string of the molecule is CC(C)(Sc1nnc(Br)n1-[s+]1cc(C2CC2)c2c1CCC(F)(F)C2)C(=O)O. The van der Waals surface area contributed by atoms with Crippen molar-refractivity contribution in [2.75, 3.05) is 0 Å². The fourth-order valence-corrected chi connectivity index (χ4v) is 7.47. The van der Waals surface area contributed by atoms with E-state index in [-0.39, 0.29) is 12.8 Å². The molecular formula is C17H19BrF2N3O2S2+. The van der Waals surface area contributed by atoms with Gasteiger partial charge in [-0.2, -0.15) is 0 Å². The van der Waals surface area contributed by atoms with Gasteiger partial charge < -0.3 is 5.11 Å². The minimum absolute atomic E-state index is 0.149. The highest BCUT2D eigenvalue weighted by atomic mass is 79.9. The first kappa shape index (κ1) is 19.3. The first-order chi connectivity index (χ1) is 12.6. The molecule has 2 aliphatic carbocycles. The minimum Gasteiger partial charge on any atom is -0.480 e. The highest BCUT2D eigenvalue weighted by Gasteiger charge is 2.45. The van der Waals surface area contributed by atoms with Crippen molar-refractivity contribution in [1.82, 2.24) is 14.2 Å². The maximum absolute atomic E-state index is 14.1. The van der Waals surface area contributed by atoms with Crippen molar-refractivity contribution in [1.29, 1.82) is 0 Å². The van der Waals surface area contributed by atoms with E-state index in [0.29, 0.717) is 22.2 Å². The molecule has 146 valence electrons. The van der Waals surface area contributed by atoms with E-state index in [1.54, 1.807) is 13.8 Å². The van der Waals surface area contributed by atoms with Gasteiger partial charge in [-0.1, -0.05) is 15.7 Å². The summed E-state index contributed by atoms with van der Waals surface area (Å²) in [5.41, 5.74) is 1.87. The lowest BCUT2D eigenvalue weighted by atomic mass is 9.91. The Morgan fingerprint density at radius 1 is 1.44 bits per heavy atom. The third-order valence-electron chi connectivity index (χ3n) is 4.96. The number of hydrogen-bond acceptors (Lipinski definition) is 4. The fourth-order valence-electron chi connectivity index (χ4n) is 3.29. The molecule has 0 aromatic carbocycles. The van der Waals surface area contributed by atoms with Gasteiger partial charge in [0.2, 0.25) is 9.89 Å². The van der Waals surface area contributed by atoms with Crippen LogP contribution in [0.4, 0.5) is 8.78 Å². The second kappa shape index (κ2) is 6.52. The van der Waals surface area contributed by atoms with Crippen LogP contribution in [0, 0.1) is 0 Å². The number of aromatic nitrogens is 3. The van der Waals surface area contributed by atoms with Crippen molar-refractivity contribution in [3.63, 3.8) is 0 Å². The van der Waals surface area contributed by atoms with E-state index in [2.05, 4.69) is 31.5 Å². The molecule has 2 aromatic rings. The number of thiophene rings is 1. The van der Waals surface area contributed by atoms with Crippen LogP contribution in [0.3, 0.4) is 0 Å². The normalized spacial score (nSPS) is 19.8. The Bertz CT molecular complexity index is 922. The zero-order valence-corrected chi connectivity index (χ0v) is 18.1. The summed E-state index contributed by atoms with van der Waals surface area (Å²) in [6.07, 6.45) is 2.08. The third kappa shape index (κ3) is 3.55. The first-order valence-electron chi connectivity index (χ1n) is 8.68. The molecule has 1 unspecified atom stereocenters. The molecule has 4 rings (SSSR count). The number of hydrogen-bond donors (Lipinski definition) is 1. The topological polar surface area (TPSA) is 68.0 Å². The van der Waals surface area contributed by atoms with Gasteiger partial charge in [0.25, 0.3) is 5.92 Å². The third-order valence-corrected chi connectivity index (χ3v) is 9.13. The number of carbonyl (C=O) groups is 1. The van der Waals surface area contributed by atoms with Crippen LogP contribution in [0.15, 0.2) is 15.3 Å². The molecule has 2 aromatic heterocycles. The lowest BCUT2D eigenvalue weighted by molar-refractivity contribution is -0.138. The molecule has 0 spiro atoms. The summed E-state index contributed by atoms with van der Waals surface area (Å²) in [6.45, 7) is 3.23. The summed E-state index contributed by atoms with van der Waals surface area (Å²) in [5.74, 6) is -3.22. The number of fused-ring (bicyclic) bond motifs is 1. The second-order valence-corrected chi connectivity index (χ2v) is 11.6. The van der Waals surface area contributed by atoms with E-state index in [1.807, 2.05) is 3.97 Å². The van der Waals surface area contributed by atoms with Crippen molar-refractivity contribution >= 4 is 44.3 Å². The molecule has 1 N–H and O–H groups in total. The van der Waals surface area contributed by atoms with Gasteiger partial charge in [0.15, 0.2) is 10.3 Å². The van der Waals surface area contributed by atoms with Crippen LogP contribution in [0.5, 0.6) is 0 Å². The Morgan fingerprint density at radius 3 is 2.78 bits per heavy atom. The van der Waals surface area contributed by atoms with E-state index >= 15 is 0 Å². The number of rotatable bonds is 5. The molecule has 5 nitrogen and oxygen atoms in total. The fraction of sp³-hybridized carbons (Fsp3) is 0.588. The summed E-state index contributed by atoms with van der Waals surface area (Å²) < 4.78 is 29.4. The van der Waals surface area contributed by atoms with Crippen molar-refractivity contribution in [2.24, 2.45) is 0 Å². The number of carboxylic acid groups (broad SMARTS) is 1. The summed E-state index contributed by atoms with van der Waals surface area (Å²) in [4.78, 5) is 12.5. The first-order valence-corrected chi connectivity index (χ1v) is 11.5. The molecule has 0 amide bonds. The minimum atomic E-state index is -2.65. The molecule has 0 bridgehead atoms. The Labute approximate surface area is 170 Å². The van der Waals surface area contributed by atoms with Crippen LogP contribution >= 0.6 is 38.3 Å². The zero-order valence-electron chi connectivity index (χ0n) is 14.8. The van der Waals surface area contributed by atoms with E-state index in [1.165, 1.54) is 0 Å². The number of alkyl halides is 2. The Morgan fingerprint density at radius 2 is 2.15 bits per heavy atom. The van der Waals surface area contributed by atoms with E-state index in [4.69, 9.17) is 0 Å². The summed E-state index contributed by atoms with van der Waals surface area (Å²) in [6, 6.07) is 0. The Balaban J connectivity index is 1.81. The van der Waals surface area contributed by atoms with Gasteiger partial charge in [-0.25, -0.2) is 8.78 Å². The molecule has 1 atom stereocenters. The molecule has 2 heterocycles. The molecule has 2 aliphatic rings. The number of nitrogens with zero attached hydrogens (tertiary/aromatic N) is 3. The van der Waals surface area contributed by atoms with Crippen LogP contribution in [-0.2, 0) is 17.6 Å². The molecule has 0 saturated heterocycles. The Hall–Kier alpha value is -1.00. The molecule has 10 heteroatoms. The highest BCUT2D eigenvalue weighted by molar-refractivity contribution is 9.10. The molecule has 1 saturated carbocycles. The number of halogens is 3. The van der Waals surface area contributed by atoms with Crippen molar-refractivity contribution in [3.05, 3.63) is 26.1 Å². The van der Waals surface area contributed by atoms with Gasteiger partial charge in [-0.15, -0.1) is 10.2 Å². The molecule has 0 radical (unpaired) electrons.